The highest BCUT2D eigenvalue weighted by Gasteiger charge is 2.43. The quantitative estimate of drug-likeness (QED) is 0.814. The minimum absolute atomic E-state index is 0.324. The Balaban J connectivity index is 1.53. The topological polar surface area (TPSA) is 21.3 Å². The van der Waals surface area contributed by atoms with E-state index in [1.807, 2.05) is 0 Å². The first-order chi connectivity index (χ1) is 9.31. The molecule has 2 heteroatoms. The Morgan fingerprint density at radius 3 is 2.47 bits per heavy atom. The summed E-state index contributed by atoms with van der Waals surface area (Å²) in [5, 5.41) is 3.42. The number of ether oxygens (including phenoxy) is 1. The monoisotopic (exact) mass is 265 g/mol. The van der Waals surface area contributed by atoms with E-state index in [9.17, 15) is 0 Å². The molecule has 1 aliphatic heterocycles. The van der Waals surface area contributed by atoms with Crippen LogP contribution in [-0.4, -0.2) is 25.3 Å². The Labute approximate surface area is 118 Å². The van der Waals surface area contributed by atoms with Gasteiger partial charge in [-0.1, -0.05) is 38.5 Å². The molecule has 2 saturated carbocycles. The van der Waals surface area contributed by atoms with Gasteiger partial charge in [-0.15, -0.1) is 0 Å². The Bertz CT molecular complexity index is 279. The van der Waals surface area contributed by atoms with Crippen LogP contribution in [0.5, 0.6) is 0 Å². The van der Waals surface area contributed by atoms with Crippen LogP contribution in [0.4, 0.5) is 0 Å². The molecule has 1 N–H and O–H groups in total. The van der Waals surface area contributed by atoms with Crippen LogP contribution >= 0.6 is 0 Å². The summed E-state index contributed by atoms with van der Waals surface area (Å²) < 4.78 is 6.52. The standard InChI is InChI=1S/C17H31NO/c1-18-13-15(14-6-2-3-7-14)12-16-8-11-17(19-16)9-4-5-10-17/h14-16,18H,2-13H2,1H3. The number of nitrogens with one attached hydrogen (secondary N) is 1. The first-order valence-electron chi connectivity index (χ1n) is 8.64. The zero-order valence-corrected chi connectivity index (χ0v) is 12.6. The molecule has 0 aromatic carbocycles. The van der Waals surface area contributed by atoms with Crippen LogP contribution < -0.4 is 5.32 Å². The Morgan fingerprint density at radius 1 is 1.05 bits per heavy atom. The third kappa shape index (κ3) is 3.16. The molecule has 1 heterocycles. The van der Waals surface area contributed by atoms with Crippen molar-refractivity contribution in [3.63, 3.8) is 0 Å². The summed E-state index contributed by atoms with van der Waals surface area (Å²) in [6.45, 7) is 1.19. The van der Waals surface area contributed by atoms with Crippen LogP contribution in [0.1, 0.15) is 70.6 Å². The third-order valence-corrected chi connectivity index (χ3v) is 5.95. The van der Waals surface area contributed by atoms with Crippen LogP contribution in [0.3, 0.4) is 0 Å². The van der Waals surface area contributed by atoms with Gasteiger partial charge in [0.2, 0.25) is 0 Å². The van der Waals surface area contributed by atoms with Crippen LogP contribution in [-0.2, 0) is 4.74 Å². The molecule has 1 saturated heterocycles. The molecule has 2 aliphatic carbocycles. The molecule has 1 spiro atoms. The lowest BCUT2D eigenvalue weighted by molar-refractivity contribution is -0.0467. The molecule has 0 aromatic heterocycles. The highest BCUT2D eigenvalue weighted by Crippen LogP contribution is 2.45. The second-order valence-corrected chi connectivity index (χ2v) is 7.27. The van der Waals surface area contributed by atoms with Crippen LogP contribution in [0, 0.1) is 11.8 Å². The van der Waals surface area contributed by atoms with Crippen molar-refractivity contribution < 1.29 is 4.74 Å². The molecule has 3 rings (SSSR count). The summed E-state index contributed by atoms with van der Waals surface area (Å²) in [6, 6.07) is 0. The maximum Gasteiger partial charge on any atom is 0.0687 e. The zero-order chi connectivity index (χ0) is 13.1. The molecule has 19 heavy (non-hydrogen) atoms. The fraction of sp³-hybridized carbons (Fsp3) is 1.00. The van der Waals surface area contributed by atoms with Crippen molar-refractivity contribution in [2.45, 2.75) is 82.3 Å². The van der Waals surface area contributed by atoms with E-state index in [-0.39, 0.29) is 0 Å². The second kappa shape index (κ2) is 6.13. The normalized spacial score (nSPS) is 32.4. The molecular formula is C17H31NO. The molecule has 0 radical (unpaired) electrons. The van der Waals surface area contributed by atoms with Gasteiger partial charge in [-0.3, -0.25) is 0 Å². The minimum atomic E-state index is 0.324. The van der Waals surface area contributed by atoms with Crippen molar-refractivity contribution in [2.75, 3.05) is 13.6 Å². The first kappa shape index (κ1) is 13.9. The lowest BCUT2D eigenvalue weighted by atomic mass is 9.85. The van der Waals surface area contributed by atoms with E-state index < -0.39 is 0 Å². The lowest BCUT2D eigenvalue weighted by Crippen LogP contribution is -2.30. The van der Waals surface area contributed by atoms with Crippen molar-refractivity contribution >= 4 is 0 Å². The van der Waals surface area contributed by atoms with Gasteiger partial charge < -0.3 is 10.1 Å². The number of hydrogen-bond acceptors (Lipinski definition) is 2. The molecule has 3 aliphatic rings. The number of rotatable bonds is 5. The van der Waals surface area contributed by atoms with Crippen LogP contribution in [0.25, 0.3) is 0 Å². The Kier molecular flexibility index (Phi) is 4.48. The average Bonchev–Trinajstić information content (AvgIpc) is 3.14. The lowest BCUT2D eigenvalue weighted by Gasteiger charge is -2.28. The molecule has 2 nitrogen and oxygen atoms in total. The SMILES string of the molecule is CNCC(CC1CCC2(CCCC2)O1)C1CCCC1. The maximum absolute atomic E-state index is 6.52. The van der Waals surface area contributed by atoms with E-state index in [0.717, 1.165) is 11.8 Å². The molecule has 2 unspecified atom stereocenters. The summed E-state index contributed by atoms with van der Waals surface area (Å²) >= 11 is 0. The van der Waals surface area contributed by atoms with Gasteiger partial charge in [0.15, 0.2) is 0 Å². The minimum Gasteiger partial charge on any atom is -0.372 e. The Morgan fingerprint density at radius 2 is 1.79 bits per heavy atom. The van der Waals surface area contributed by atoms with E-state index in [2.05, 4.69) is 12.4 Å². The first-order valence-corrected chi connectivity index (χ1v) is 8.64. The molecule has 0 bridgehead atoms. The second-order valence-electron chi connectivity index (χ2n) is 7.27. The van der Waals surface area contributed by atoms with Crippen molar-refractivity contribution in [1.82, 2.24) is 5.32 Å². The van der Waals surface area contributed by atoms with Gasteiger partial charge in [0.05, 0.1) is 11.7 Å². The summed E-state index contributed by atoms with van der Waals surface area (Å²) in [6.07, 6.45) is 15.9. The van der Waals surface area contributed by atoms with Gasteiger partial charge in [-0.05, 0) is 57.5 Å². The van der Waals surface area contributed by atoms with Crippen molar-refractivity contribution in [3.05, 3.63) is 0 Å². The summed E-state index contributed by atoms with van der Waals surface area (Å²) in [5.74, 6) is 1.82. The fourth-order valence-corrected chi connectivity index (χ4v) is 4.92. The summed E-state index contributed by atoms with van der Waals surface area (Å²) in [7, 11) is 2.11. The average molecular weight is 265 g/mol. The molecule has 2 atom stereocenters. The van der Waals surface area contributed by atoms with Gasteiger partial charge in [0.1, 0.15) is 0 Å². The highest BCUT2D eigenvalue weighted by atomic mass is 16.5. The molecule has 0 amide bonds. The van der Waals surface area contributed by atoms with E-state index in [1.54, 1.807) is 0 Å². The fourth-order valence-electron chi connectivity index (χ4n) is 4.92. The smallest absolute Gasteiger partial charge is 0.0687 e. The van der Waals surface area contributed by atoms with Gasteiger partial charge in [0, 0.05) is 0 Å². The molecular weight excluding hydrogens is 234 g/mol. The molecule has 110 valence electrons. The van der Waals surface area contributed by atoms with Gasteiger partial charge in [-0.25, -0.2) is 0 Å². The van der Waals surface area contributed by atoms with Gasteiger partial charge in [0.25, 0.3) is 0 Å². The zero-order valence-electron chi connectivity index (χ0n) is 12.6. The molecule has 3 fully saturated rings. The van der Waals surface area contributed by atoms with Gasteiger partial charge >= 0.3 is 0 Å². The van der Waals surface area contributed by atoms with E-state index in [0.29, 0.717) is 11.7 Å². The Hall–Kier alpha value is -0.0800. The van der Waals surface area contributed by atoms with Crippen LogP contribution in [0.2, 0.25) is 0 Å². The summed E-state index contributed by atoms with van der Waals surface area (Å²) in [4.78, 5) is 0. The van der Waals surface area contributed by atoms with Gasteiger partial charge in [-0.2, -0.15) is 0 Å². The van der Waals surface area contributed by atoms with Crippen molar-refractivity contribution in [2.24, 2.45) is 11.8 Å². The van der Waals surface area contributed by atoms with Crippen molar-refractivity contribution in [1.29, 1.82) is 0 Å². The number of hydrogen-bond donors (Lipinski definition) is 1. The van der Waals surface area contributed by atoms with E-state index in [4.69, 9.17) is 4.74 Å². The van der Waals surface area contributed by atoms with Crippen LogP contribution in [0.15, 0.2) is 0 Å². The summed E-state index contributed by atoms with van der Waals surface area (Å²) in [5.41, 5.74) is 0.324. The predicted molar refractivity (Wildman–Crippen MR) is 79.3 cm³/mol. The van der Waals surface area contributed by atoms with E-state index in [1.165, 1.54) is 77.2 Å². The third-order valence-electron chi connectivity index (χ3n) is 5.95. The predicted octanol–water partition coefficient (Wildman–Crippen LogP) is 3.89. The molecule has 0 aromatic rings. The van der Waals surface area contributed by atoms with E-state index >= 15 is 0 Å². The van der Waals surface area contributed by atoms with Crippen molar-refractivity contribution in [3.8, 4) is 0 Å². The largest absolute Gasteiger partial charge is 0.372 e. The highest BCUT2D eigenvalue weighted by molar-refractivity contribution is 4.94. The maximum atomic E-state index is 6.52.